The Morgan fingerprint density at radius 1 is 1.53 bits per heavy atom. The zero-order valence-electron chi connectivity index (χ0n) is 8.27. The molecule has 15 heavy (non-hydrogen) atoms. The number of nitrogens with one attached hydrogen (secondary N) is 1. The SMILES string of the molecule is COC1CC(n2c(O)cc(=O)[nH]c2=O)C1. The molecule has 0 amide bonds. The summed E-state index contributed by atoms with van der Waals surface area (Å²) in [5.74, 6) is -0.289. The van der Waals surface area contributed by atoms with E-state index in [0.29, 0.717) is 12.8 Å². The van der Waals surface area contributed by atoms with Crippen LogP contribution in [0.15, 0.2) is 15.7 Å². The standard InChI is InChI=1S/C9H12N2O4/c1-15-6-2-5(3-6)11-8(13)4-7(12)10-9(11)14/h4-6,13H,2-3H2,1H3,(H,10,12,14). The smallest absolute Gasteiger partial charge is 0.331 e. The fraction of sp³-hybridized carbons (Fsp3) is 0.556. The van der Waals surface area contributed by atoms with E-state index in [1.54, 1.807) is 7.11 Å². The van der Waals surface area contributed by atoms with Crippen molar-refractivity contribution in [1.29, 1.82) is 0 Å². The van der Waals surface area contributed by atoms with Crippen molar-refractivity contribution in [2.45, 2.75) is 25.0 Å². The van der Waals surface area contributed by atoms with Gasteiger partial charge in [-0.05, 0) is 12.8 Å². The predicted molar refractivity (Wildman–Crippen MR) is 52.1 cm³/mol. The van der Waals surface area contributed by atoms with Gasteiger partial charge >= 0.3 is 5.69 Å². The summed E-state index contributed by atoms with van der Waals surface area (Å²) in [5, 5.41) is 9.47. The maximum absolute atomic E-state index is 11.4. The summed E-state index contributed by atoms with van der Waals surface area (Å²) < 4.78 is 6.26. The van der Waals surface area contributed by atoms with Crippen LogP contribution in [0, 0.1) is 0 Å². The topological polar surface area (TPSA) is 84.3 Å². The third-order valence-electron chi connectivity index (χ3n) is 2.72. The number of aromatic amines is 1. The van der Waals surface area contributed by atoms with E-state index < -0.39 is 11.2 Å². The summed E-state index contributed by atoms with van der Waals surface area (Å²) in [7, 11) is 1.61. The van der Waals surface area contributed by atoms with Gasteiger partial charge in [0.1, 0.15) is 0 Å². The molecule has 1 aromatic heterocycles. The Morgan fingerprint density at radius 2 is 2.20 bits per heavy atom. The monoisotopic (exact) mass is 212 g/mol. The van der Waals surface area contributed by atoms with Crippen molar-refractivity contribution in [3.8, 4) is 5.88 Å². The first-order valence-corrected chi connectivity index (χ1v) is 4.69. The molecule has 6 nitrogen and oxygen atoms in total. The minimum atomic E-state index is -0.587. The lowest BCUT2D eigenvalue weighted by Crippen LogP contribution is -2.40. The highest BCUT2D eigenvalue weighted by Crippen LogP contribution is 2.34. The Balaban J connectivity index is 2.30. The Bertz CT molecular complexity index is 470. The summed E-state index contributed by atoms with van der Waals surface area (Å²) in [5.41, 5.74) is -1.16. The lowest BCUT2D eigenvalue weighted by molar-refractivity contribution is 0.00268. The van der Waals surface area contributed by atoms with Gasteiger partial charge in [0, 0.05) is 13.2 Å². The molecule has 1 aromatic rings. The van der Waals surface area contributed by atoms with Crippen molar-refractivity contribution in [2.75, 3.05) is 7.11 Å². The van der Waals surface area contributed by atoms with Crippen LogP contribution >= 0.6 is 0 Å². The average molecular weight is 212 g/mol. The first kappa shape index (κ1) is 9.97. The van der Waals surface area contributed by atoms with Gasteiger partial charge < -0.3 is 9.84 Å². The largest absolute Gasteiger partial charge is 0.494 e. The molecular formula is C9H12N2O4. The highest BCUT2D eigenvalue weighted by molar-refractivity contribution is 5.09. The van der Waals surface area contributed by atoms with Crippen molar-refractivity contribution < 1.29 is 9.84 Å². The van der Waals surface area contributed by atoms with Crippen molar-refractivity contribution in [2.24, 2.45) is 0 Å². The molecule has 6 heteroatoms. The lowest BCUT2D eigenvalue weighted by atomic mass is 9.89. The highest BCUT2D eigenvalue weighted by Gasteiger charge is 2.32. The molecule has 0 bridgehead atoms. The summed E-state index contributed by atoms with van der Waals surface area (Å²) in [6.07, 6.45) is 1.49. The normalized spacial score (nSPS) is 24.9. The van der Waals surface area contributed by atoms with E-state index in [1.807, 2.05) is 0 Å². The number of methoxy groups -OCH3 is 1. The van der Waals surface area contributed by atoms with Gasteiger partial charge in [-0.3, -0.25) is 14.3 Å². The van der Waals surface area contributed by atoms with E-state index in [1.165, 1.54) is 4.57 Å². The van der Waals surface area contributed by atoms with Gasteiger partial charge in [-0.25, -0.2) is 4.79 Å². The molecule has 2 rings (SSSR count). The molecule has 0 atom stereocenters. The van der Waals surface area contributed by atoms with Crippen LogP contribution in [-0.4, -0.2) is 27.9 Å². The van der Waals surface area contributed by atoms with Gasteiger partial charge in [0.15, 0.2) is 0 Å². The van der Waals surface area contributed by atoms with E-state index in [-0.39, 0.29) is 18.0 Å². The molecule has 1 saturated carbocycles. The van der Waals surface area contributed by atoms with Crippen LogP contribution in [0.1, 0.15) is 18.9 Å². The quantitative estimate of drug-likeness (QED) is 0.698. The molecule has 0 radical (unpaired) electrons. The Hall–Kier alpha value is -1.56. The van der Waals surface area contributed by atoms with Crippen LogP contribution in [-0.2, 0) is 4.74 Å². The van der Waals surface area contributed by atoms with Crippen molar-refractivity contribution in [1.82, 2.24) is 9.55 Å². The first-order chi connectivity index (χ1) is 7.11. The van der Waals surface area contributed by atoms with Gasteiger partial charge in [-0.2, -0.15) is 0 Å². The summed E-state index contributed by atoms with van der Waals surface area (Å²) in [6, 6.07) is 0.918. The van der Waals surface area contributed by atoms with Crippen LogP contribution in [0.4, 0.5) is 0 Å². The third kappa shape index (κ3) is 1.68. The highest BCUT2D eigenvalue weighted by atomic mass is 16.5. The number of hydrogen-bond donors (Lipinski definition) is 2. The van der Waals surface area contributed by atoms with Crippen LogP contribution in [0.2, 0.25) is 0 Å². The van der Waals surface area contributed by atoms with Gasteiger partial charge in [0.2, 0.25) is 5.88 Å². The van der Waals surface area contributed by atoms with E-state index in [4.69, 9.17) is 4.74 Å². The van der Waals surface area contributed by atoms with E-state index in [9.17, 15) is 14.7 Å². The molecular weight excluding hydrogens is 200 g/mol. The maximum atomic E-state index is 11.4. The zero-order chi connectivity index (χ0) is 11.0. The minimum Gasteiger partial charge on any atom is -0.494 e. The summed E-state index contributed by atoms with van der Waals surface area (Å²) >= 11 is 0. The van der Waals surface area contributed by atoms with Crippen molar-refractivity contribution >= 4 is 0 Å². The van der Waals surface area contributed by atoms with Crippen molar-refractivity contribution in [3.63, 3.8) is 0 Å². The maximum Gasteiger partial charge on any atom is 0.331 e. The van der Waals surface area contributed by atoms with Gasteiger partial charge in [0.05, 0.1) is 12.2 Å². The number of H-pyrrole nitrogens is 1. The van der Waals surface area contributed by atoms with Gasteiger partial charge in [-0.15, -0.1) is 0 Å². The molecule has 2 N–H and O–H groups in total. The van der Waals surface area contributed by atoms with E-state index in [0.717, 1.165) is 6.07 Å². The molecule has 0 spiro atoms. The second kappa shape index (κ2) is 3.54. The van der Waals surface area contributed by atoms with Crippen LogP contribution in [0.25, 0.3) is 0 Å². The molecule has 0 aromatic carbocycles. The molecule has 1 aliphatic carbocycles. The Kier molecular flexibility index (Phi) is 2.36. The molecule has 1 aliphatic rings. The number of hydrogen-bond acceptors (Lipinski definition) is 4. The molecule has 82 valence electrons. The van der Waals surface area contributed by atoms with E-state index >= 15 is 0 Å². The zero-order valence-corrected chi connectivity index (χ0v) is 8.27. The van der Waals surface area contributed by atoms with Crippen LogP contribution in [0.3, 0.4) is 0 Å². The average Bonchev–Trinajstić information content (AvgIpc) is 2.06. The van der Waals surface area contributed by atoms with Crippen LogP contribution < -0.4 is 11.2 Å². The van der Waals surface area contributed by atoms with Gasteiger partial charge in [0.25, 0.3) is 5.56 Å². The number of aromatic nitrogens is 2. The number of rotatable bonds is 2. The lowest BCUT2D eigenvalue weighted by Gasteiger charge is -2.35. The van der Waals surface area contributed by atoms with Crippen LogP contribution in [0.5, 0.6) is 5.88 Å². The predicted octanol–water partition coefficient (Wildman–Crippen LogP) is -0.408. The number of nitrogens with zero attached hydrogens (tertiary/aromatic N) is 1. The van der Waals surface area contributed by atoms with Gasteiger partial charge in [-0.1, -0.05) is 0 Å². The fourth-order valence-electron chi connectivity index (χ4n) is 1.79. The van der Waals surface area contributed by atoms with E-state index in [2.05, 4.69) is 4.98 Å². The second-order valence-electron chi connectivity index (χ2n) is 3.65. The summed E-state index contributed by atoms with van der Waals surface area (Å²) in [4.78, 5) is 24.4. The number of ether oxygens (including phenoxy) is 1. The molecule has 0 unspecified atom stereocenters. The molecule has 1 fully saturated rings. The minimum absolute atomic E-state index is 0.0840. The van der Waals surface area contributed by atoms with Crippen molar-refractivity contribution in [3.05, 3.63) is 26.9 Å². The third-order valence-corrected chi connectivity index (χ3v) is 2.72. The molecule has 0 aliphatic heterocycles. The molecule has 0 saturated heterocycles. The first-order valence-electron chi connectivity index (χ1n) is 4.69. The fourth-order valence-corrected chi connectivity index (χ4v) is 1.79. The second-order valence-corrected chi connectivity index (χ2v) is 3.65. The molecule has 1 heterocycles. The Labute approximate surface area is 85.1 Å². The Morgan fingerprint density at radius 3 is 2.73 bits per heavy atom. The number of aromatic hydroxyl groups is 1. The summed E-state index contributed by atoms with van der Waals surface area (Å²) in [6.45, 7) is 0.